The molecule has 10 heteroatoms. The Balaban J connectivity index is 1.60. The largest absolute Gasteiger partial charge is 0.388 e. The van der Waals surface area contributed by atoms with Gasteiger partial charge in [0.2, 0.25) is 0 Å². The molecule has 3 aliphatic heterocycles. The zero-order valence-electron chi connectivity index (χ0n) is 19.2. The molecule has 10 nitrogen and oxygen atoms in total. The molecule has 31 heavy (non-hydrogen) atoms. The molecule has 12 atom stereocenters. The highest BCUT2D eigenvalue weighted by molar-refractivity contribution is 4.88. The van der Waals surface area contributed by atoms with Crippen LogP contribution < -0.4 is 0 Å². The van der Waals surface area contributed by atoms with Crippen molar-refractivity contribution in [2.45, 2.75) is 114 Å². The smallest absolute Gasteiger partial charge is 0.161 e. The number of methoxy groups -OCH3 is 3. The van der Waals surface area contributed by atoms with Gasteiger partial charge < -0.3 is 48.1 Å². The third-order valence-corrected chi connectivity index (χ3v) is 6.43. The summed E-state index contributed by atoms with van der Waals surface area (Å²) in [4.78, 5) is 0. The summed E-state index contributed by atoms with van der Waals surface area (Å²) in [6.45, 7) is 5.54. The van der Waals surface area contributed by atoms with Gasteiger partial charge in [-0.25, -0.2) is 0 Å². The molecule has 3 rings (SSSR count). The van der Waals surface area contributed by atoms with Crippen molar-refractivity contribution in [2.75, 3.05) is 21.3 Å². The van der Waals surface area contributed by atoms with Crippen LogP contribution in [0.2, 0.25) is 0 Å². The Labute approximate surface area is 184 Å². The summed E-state index contributed by atoms with van der Waals surface area (Å²) in [5, 5.41) is 20.0. The molecule has 0 aromatic carbocycles. The summed E-state index contributed by atoms with van der Waals surface area (Å²) in [6, 6.07) is 0. The van der Waals surface area contributed by atoms with Crippen LogP contribution in [0.4, 0.5) is 0 Å². The molecule has 0 aromatic rings. The molecule has 2 N–H and O–H groups in total. The van der Waals surface area contributed by atoms with Crippen LogP contribution in [0, 0.1) is 0 Å². The fraction of sp³-hybridized carbons (Fsp3) is 1.00. The summed E-state index contributed by atoms with van der Waals surface area (Å²) in [5.74, 6) is 0. The molecule has 3 saturated heterocycles. The molecular formula is C21H38O10. The van der Waals surface area contributed by atoms with Gasteiger partial charge in [0.25, 0.3) is 0 Å². The monoisotopic (exact) mass is 450 g/mol. The minimum Gasteiger partial charge on any atom is -0.388 e. The van der Waals surface area contributed by atoms with Crippen molar-refractivity contribution in [1.29, 1.82) is 0 Å². The lowest BCUT2D eigenvalue weighted by molar-refractivity contribution is -0.334. The summed E-state index contributed by atoms with van der Waals surface area (Å²) in [6.07, 6.45) is -4.26. The minimum absolute atomic E-state index is 0.285. The van der Waals surface area contributed by atoms with E-state index < -0.39 is 31.1 Å². The van der Waals surface area contributed by atoms with E-state index in [-0.39, 0.29) is 42.7 Å². The lowest BCUT2D eigenvalue weighted by Crippen LogP contribution is -2.56. The van der Waals surface area contributed by atoms with E-state index in [0.717, 1.165) is 0 Å². The molecule has 182 valence electrons. The molecule has 3 aliphatic rings. The maximum atomic E-state index is 10.2. The highest BCUT2D eigenvalue weighted by atomic mass is 16.7. The molecule has 0 spiro atoms. The van der Waals surface area contributed by atoms with Crippen LogP contribution in [0.1, 0.15) is 40.0 Å². The molecule has 3 heterocycles. The van der Waals surface area contributed by atoms with Crippen molar-refractivity contribution in [2.24, 2.45) is 0 Å². The van der Waals surface area contributed by atoms with Crippen molar-refractivity contribution in [3.8, 4) is 0 Å². The SMILES string of the molecule is CO[C@H]1C[C@@H](O)O[C@H](C)[C@@H]1O[C@H]1C[C@H](OC)[C@H](O[C@H]2C[C@@H](OC)[C@H](O)[C@@H](C)O2)[C@@H](C)O1. The second kappa shape index (κ2) is 11.1. The molecular weight excluding hydrogens is 412 g/mol. The van der Waals surface area contributed by atoms with Gasteiger partial charge in [-0.3, -0.25) is 0 Å². The first-order valence-electron chi connectivity index (χ1n) is 11.0. The van der Waals surface area contributed by atoms with Gasteiger partial charge in [-0.2, -0.15) is 0 Å². The van der Waals surface area contributed by atoms with Crippen molar-refractivity contribution in [1.82, 2.24) is 0 Å². The number of aliphatic hydroxyl groups excluding tert-OH is 2. The molecule has 3 fully saturated rings. The molecule has 0 saturated carbocycles. The molecule has 0 amide bonds. The van der Waals surface area contributed by atoms with Gasteiger partial charge >= 0.3 is 0 Å². The van der Waals surface area contributed by atoms with Crippen molar-refractivity contribution >= 4 is 0 Å². The van der Waals surface area contributed by atoms with Crippen LogP contribution in [-0.4, -0.2) is 105 Å². The first-order chi connectivity index (χ1) is 14.8. The standard InChI is InChI=1S/C21H38O10/c1-10-19(23)13(24-4)8-17(28-10)30-21-12(3)29-18(9-15(21)26-6)31-20-11(2)27-16(22)7-14(20)25-5/h10-23H,7-9H2,1-6H3/t10-,11-,12-,13-,14+,15+,16+,17+,18+,19-,20+,21-/m1/s1. The van der Waals surface area contributed by atoms with E-state index in [2.05, 4.69) is 0 Å². The maximum Gasteiger partial charge on any atom is 0.161 e. The van der Waals surface area contributed by atoms with Gasteiger partial charge in [-0.05, 0) is 20.8 Å². The second-order valence-electron chi connectivity index (χ2n) is 8.56. The summed E-state index contributed by atoms with van der Waals surface area (Å²) >= 11 is 0. The Morgan fingerprint density at radius 3 is 1.61 bits per heavy atom. The Morgan fingerprint density at radius 1 is 0.613 bits per heavy atom. The lowest BCUT2D eigenvalue weighted by Gasteiger charge is -2.45. The first-order valence-corrected chi connectivity index (χ1v) is 11.0. The van der Waals surface area contributed by atoms with E-state index in [1.165, 1.54) is 0 Å². The van der Waals surface area contributed by atoms with E-state index in [4.69, 9.17) is 37.9 Å². The normalized spacial score (nSPS) is 49.2. The molecule has 0 aliphatic carbocycles. The quantitative estimate of drug-likeness (QED) is 0.570. The molecule has 0 unspecified atom stereocenters. The number of hydrogen-bond acceptors (Lipinski definition) is 10. The average molecular weight is 451 g/mol. The van der Waals surface area contributed by atoms with Gasteiger partial charge in [-0.1, -0.05) is 0 Å². The van der Waals surface area contributed by atoms with E-state index in [9.17, 15) is 10.2 Å². The lowest BCUT2D eigenvalue weighted by atomic mass is 9.99. The average Bonchev–Trinajstić information content (AvgIpc) is 2.73. The van der Waals surface area contributed by atoms with Crippen molar-refractivity contribution < 1.29 is 48.1 Å². The zero-order valence-corrected chi connectivity index (χ0v) is 19.2. The van der Waals surface area contributed by atoms with E-state index in [1.807, 2.05) is 13.8 Å². The van der Waals surface area contributed by atoms with Crippen LogP contribution >= 0.6 is 0 Å². The molecule has 0 aromatic heterocycles. The van der Waals surface area contributed by atoms with Crippen molar-refractivity contribution in [3.63, 3.8) is 0 Å². The Morgan fingerprint density at radius 2 is 1.06 bits per heavy atom. The van der Waals surface area contributed by atoms with Crippen LogP contribution in [0.15, 0.2) is 0 Å². The van der Waals surface area contributed by atoms with E-state index >= 15 is 0 Å². The highest BCUT2D eigenvalue weighted by Crippen LogP contribution is 2.33. The Kier molecular flexibility index (Phi) is 9.07. The third kappa shape index (κ3) is 5.94. The topological polar surface area (TPSA) is 114 Å². The number of hydrogen-bond donors (Lipinski definition) is 2. The number of ether oxygens (including phenoxy) is 8. The third-order valence-electron chi connectivity index (χ3n) is 6.43. The van der Waals surface area contributed by atoms with Gasteiger partial charge in [0.1, 0.15) is 18.3 Å². The fourth-order valence-electron chi connectivity index (χ4n) is 4.64. The highest BCUT2D eigenvalue weighted by Gasteiger charge is 2.45. The Hall–Kier alpha value is -0.400. The van der Waals surface area contributed by atoms with Crippen LogP contribution in [-0.2, 0) is 37.9 Å². The van der Waals surface area contributed by atoms with Gasteiger partial charge in [0.05, 0.1) is 36.6 Å². The van der Waals surface area contributed by atoms with Crippen LogP contribution in [0.5, 0.6) is 0 Å². The molecule has 0 bridgehead atoms. The summed E-state index contributed by atoms with van der Waals surface area (Å²) < 4.78 is 46.4. The van der Waals surface area contributed by atoms with Crippen LogP contribution in [0.3, 0.4) is 0 Å². The van der Waals surface area contributed by atoms with Crippen LogP contribution in [0.25, 0.3) is 0 Å². The number of rotatable bonds is 7. The molecule has 0 radical (unpaired) electrons. The van der Waals surface area contributed by atoms with E-state index in [1.54, 1.807) is 28.3 Å². The summed E-state index contributed by atoms with van der Waals surface area (Å²) in [5.41, 5.74) is 0. The predicted octanol–water partition coefficient (Wildman–Crippen LogP) is 0.560. The first kappa shape index (κ1) is 25.2. The number of aliphatic hydroxyl groups is 2. The fourth-order valence-corrected chi connectivity index (χ4v) is 4.64. The summed E-state index contributed by atoms with van der Waals surface area (Å²) in [7, 11) is 4.79. The minimum atomic E-state index is -0.872. The van der Waals surface area contributed by atoms with Gasteiger partial charge in [0.15, 0.2) is 18.9 Å². The Bertz CT molecular complexity index is 550. The zero-order chi connectivity index (χ0) is 22.7. The second-order valence-corrected chi connectivity index (χ2v) is 8.56. The van der Waals surface area contributed by atoms with Crippen molar-refractivity contribution in [3.05, 3.63) is 0 Å². The van der Waals surface area contributed by atoms with Gasteiger partial charge in [-0.15, -0.1) is 0 Å². The predicted molar refractivity (Wildman–Crippen MR) is 107 cm³/mol. The van der Waals surface area contributed by atoms with E-state index in [0.29, 0.717) is 19.3 Å². The van der Waals surface area contributed by atoms with Gasteiger partial charge in [0, 0.05) is 40.6 Å². The maximum absolute atomic E-state index is 10.2.